The molecule has 0 aromatic rings. The minimum absolute atomic E-state index is 0.132. The summed E-state index contributed by atoms with van der Waals surface area (Å²) in [7, 11) is 2.93. The molecule has 0 spiro atoms. The van der Waals surface area contributed by atoms with Crippen molar-refractivity contribution in [2.75, 3.05) is 14.2 Å². The summed E-state index contributed by atoms with van der Waals surface area (Å²) < 4.78 is 10.3. The molecule has 4 unspecified atom stereocenters. The lowest BCUT2D eigenvalue weighted by Gasteiger charge is -2.35. The molecule has 0 aromatic heterocycles. The maximum absolute atomic E-state index is 12.5. The number of methoxy groups -OCH3 is 2. The molecular formula is C18H22O4. The standard InChI is InChI=1S/C18H22O4/c1-17(15(19)21-3)9-5-7-11-13(9)14-10(17)6-8-12(14)18(11,2)16(20)22-4/h5-14H,1-4H3. The minimum Gasteiger partial charge on any atom is -0.469 e. The Labute approximate surface area is 130 Å². The van der Waals surface area contributed by atoms with Crippen LogP contribution in [0.4, 0.5) is 0 Å². The summed E-state index contributed by atoms with van der Waals surface area (Å²) in [6.07, 6.45) is 8.59. The number of rotatable bonds is 2. The van der Waals surface area contributed by atoms with Crippen molar-refractivity contribution < 1.29 is 19.1 Å². The van der Waals surface area contributed by atoms with Gasteiger partial charge in [-0.05, 0) is 49.4 Å². The van der Waals surface area contributed by atoms with Gasteiger partial charge in [-0.15, -0.1) is 0 Å². The fourth-order valence-electron chi connectivity index (χ4n) is 6.22. The molecule has 4 aliphatic rings. The van der Waals surface area contributed by atoms with Crippen molar-refractivity contribution in [2.45, 2.75) is 13.8 Å². The van der Waals surface area contributed by atoms with Crippen LogP contribution >= 0.6 is 0 Å². The van der Waals surface area contributed by atoms with Crippen LogP contribution in [0.15, 0.2) is 24.3 Å². The molecule has 0 N–H and O–H groups in total. The molecule has 22 heavy (non-hydrogen) atoms. The van der Waals surface area contributed by atoms with Crippen LogP contribution in [0.25, 0.3) is 0 Å². The first-order valence-corrected chi connectivity index (χ1v) is 7.95. The number of ether oxygens (including phenoxy) is 2. The van der Waals surface area contributed by atoms with E-state index in [-0.39, 0.29) is 35.6 Å². The van der Waals surface area contributed by atoms with Crippen molar-refractivity contribution in [1.82, 2.24) is 0 Å². The average molecular weight is 302 g/mol. The molecule has 4 heteroatoms. The molecule has 0 heterocycles. The summed E-state index contributed by atoms with van der Waals surface area (Å²) in [5, 5.41) is 0. The number of hydrogen-bond acceptors (Lipinski definition) is 4. The average Bonchev–Trinajstić information content (AvgIpc) is 3.22. The normalized spacial score (nSPS) is 52.9. The van der Waals surface area contributed by atoms with Crippen molar-refractivity contribution in [3.63, 3.8) is 0 Å². The van der Waals surface area contributed by atoms with Crippen molar-refractivity contribution >= 4 is 11.9 Å². The highest BCUT2D eigenvalue weighted by Crippen LogP contribution is 2.74. The number of allylic oxidation sites excluding steroid dienone is 4. The Balaban J connectivity index is 1.84. The zero-order valence-corrected chi connectivity index (χ0v) is 13.4. The van der Waals surface area contributed by atoms with Crippen molar-refractivity contribution in [3.05, 3.63) is 24.3 Å². The van der Waals surface area contributed by atoms with Gasteiger partial charge in [0.1, 0.15) is 0 Å². The van der Waals surface area contributed by atoms with Gasteiger partial charge in [-0.3, -0.25) is 9.59 Å². The van der Waals surface area contributed by atoms with Gasteiger partial charge in [0, 0.05) is 0 Å². The second-order valence-electron chi connectivity index (χ2n) is 7.58. The van der Waals surface area contributed by atoms with Crippen molar-refractivity contribution in [3.8, 4) is 0 Å². The van der Waals surface area contributed by atoms with Gasteiger partial charge in [-0.25, -0.2) is 0 Å². The van der Waals surface area contributed by atoms with Crippen LogP contribution in [0.3, 0.4) is 0 Å². The Morgan fingerprint density at radius 3 is 1.23 bits per heavy atom. The van der Waals surface area contributed by atoms with E-state index < -0.39 is 10.8 Å². The van der Waals surface area contributed by atoms with Gasteiger partial charge in [0.25, 0.3) is 0 Å². The summed E-state index contributed by atoms with van der Waals surface area (Å²) in [4.78, 5) is 25.0. The molecule has 0 bridgehead atoms. The fraction of sp³-hybridized carbons (Fsp3) is 0.667. The van der Waals surface area contributed by atoms with Gasteiger partial charge in [-0.2, -0.15) is 0 Å². The van der Waals surface area contributed by atoms with Gasteiger partial charge < -0.3 is 9.47 Å². The maximum Gasteiger partial charge on any atom is 0.312 e. The van der Waals surface area contributed by atoms with Crippen LogP contribution in [-0.4, -0.2) is 26.2 Å². The highest BCUT2D eigenvalue weighted by Gasteiger charge is 2.75. The highest BCUT2D eigenvalue weighted by molar-refractivity contribution is 5.82. The second kappa shape index (κ2) is 4.03. The van der Waals surface area contributed by atoms with Crippen molar-refractivity contribution in [1.29, 1.82) is 0 Å². The zero-order valence-electron chi connectivity index (χ0n) is 13.4. The lowest BCUT2D eigenvalue weighted by molar-refractivity contribution is -0.157. The predicted octanol–water partition coefficient (Wildman–Crippen LogP) is 2.21. The SMILES string of the molecule is COC(=O)C1(C)C2C=CC3C2C2C1C=CC2C3(C)C(=O)OC. The van der Waals surface area contributed by atoms with Crippen LogP contribution in [0.5, 0.6) is 0 Å². The molecule has 2 fully saturated rings. The Bertz CT molecular complexity index is 535. The predicted molar refractivity (Wildman–Crippen MR) is 79.5 cm³/mol. The summed E-state index contributed by atoms with van der Waals surface area (Å²) >= 11 is 0. The van der Waals surface area contributed by atoms with E-state index in [4.69, 9.17) is 9.47 Å². The third kappa shape index (κ3) is 1.19. The van der Waals surface area contributed by atoms with Crippen LogP contribution < -0.4 is 0 Å². The first kappa shape index (κ1) is 14.0. The van der Waals surface area contributed by atoms with Crippen LogP contribution in [0.1, 0.15) is 13.8 Å². The van der Waals surface area contributed by atoms with Crippen LogP contribution in [-0.2, 0) is 19.1 Å². The summed E-state index contributed by atoms with van der Waals surface area (Å²) in [6, 6.07) is 0. The lowest BCUT2D eigenvalue weighted by Crippen LogP contribution is -2.42. The number of esters is 2. The molecule has 4 atom stereocenters. The van der Waals surface area contributed by atoms with E-state index >= 15 is 0 Å². The van der Waals surface area contributed by atoms with Crippen LogP contribution in [0.2, 0.25) is 0 Å². The first-order chi connectivity index (χ1) is 10.4. The number of carbonyl (C=O) groups excluding carboxylic acids is 2. The van der Waals surface area contributed by atoms with Crippen LogP contribution in [0, 0.1) is 46.3 Å². The summed E-state index contributed by atoms with van der Waals surface area (Å²) in [5.41, 5.74) is -1.03. The largest absolute Gasteiger partial charge is 0.469 e. The van der Waals surface area contributed by atoms with E-state index in [1.54, 1.807) is 0 Å². The molecular weight excluding hydrogens is 280 g/mol. The molecule has 0 saturated heterocycles. The van der Waals surface area contributed by atoms with Gasteiger partial charge in [0.05, 0.1) is 25.0 Å². The van der Waals surface area contributed by atoms with E-state index in [0.717, 1.165) is 0 Å². The van der Waals surface area contributed by atoms with Gasteiger partial charge >= 0.3 is 11.9 Å². The molecule has 118 valence electrons. The quantitative estimate of drug-likeness (QED) is 0.580. The Morgan fingerprint density at radius 1 is 0.727 bits per heavy atom. The molecule has 4 rings (SSSR count). The lowest BCUT2D eigenvalue weighted by atomic mass is 9.68. The molecule has 0 radical (unpaired) electrons. The topological polar surface area (TPSA) is 52.6 Å². The van der Waals surface area contributed by atoms with E-state index in [0.29, 0.717) is 11.8 Å². The highest BCUT2D eigenvalue weighted by atomic mass is 16.5. The van der Waals surface area contributed by atoms with E-state index in [9.17, 15) is 9.59 Å². The number of hydrogen-bond donors (Lipinski definition) is 0. The Hall–Kier alpha value is -1.58. The zero-order chi connectivity index (χ0) is 15.9. The van der Waals surface area contributed by atoms with Gasteiger partial charge in [0.2, 0.25) is 0 Å². The summed E-state index contributed by atoms with van der Waals surface area (Å²) in [6.45, 7) is 4.06. The Kier molecular flexibility index (Phi) is 2.57. The molecule has 0 aromatic carbocycles. The molecule has 4 aliphatic carbocycles. The van der Waals surface area contributed by atoms with E-state index in [1.165, 1.54) is 14.2 Å². The number of carbonyl (C=O) groups is 2. The van der Waals surface area contributed by atoms with E-state index in [2.05, 4.69) is 24.3 Å². The molecule has 2 saturated carbocycles. The summed E-state index contributed by atoms with van der Waals surface area (Å²) in [5.74, 6) is 1.01. The third-order valence-electron chi connectivity index (χ3n) is 7.17. The van der Waals surface area contributed by atoms with E-state index in [1.807, 2.05) is 13.8 Å². The minimum atomic E-state index is -0.516. The second-order valence-corrected chi connectivity index (χ2v) is 7.58. The smallest absolute Gasteiger partial charge is 0.312 e. The molecule has 0 amide bonds. The van der Waals surface area contributed by atoms with Gasteiger partial charge in [-0.1, -0.05) is 24.3 Å². The third-order valence-corrected chi connectivity index (χ3v) is 7.17. The van der Waals surface area contributed by atoms with Crippen molar-refractivity contribution in [2.24, 2.45) is 46.3 Å². The van der Waals surface area contributed by atoms with Gasteiger partial charge in [0.15, 0.2) is 0 Å². The monoisotopic (exact) mass is 302 g/mol. The maximum atomic E-state index is 12.5. The molecule has 0 aliphatic heterocycles. The fourth-order valence-corrected chi connectivity index (χ4v) is 6.22. The Morgan fingerprint density at radius 2 is 1.00 bits per heavy atom. The molecule has 4 nitrogen and oxygen atoms in total. The first-order valence-electron chi connectivity index (χ1n) is 7.95.